The molecule has 4 nitrogen and oxygen atoms in total. The van der Waals surface area contributed by atoms with Crippen LogP contribution in [-0.2, 0) is 4.79 Å². The van der Waals surface area contributed by atoms with Crippen molar-refractivity contribution in [2.45, 2.75) is 45.1 Å². The molecule has 23 heavy (non-hydrogen) atoms. The van der Waals surface area contributed by atoms with Crippen molar-refractivity contribution < 1.29 is 4.79 Å². The number of aromatic nitrogens is 1. The van der Waals surface area contributed by atoms with Crippen molar-refractivity contribution in [3.8, 4) is 11.3 Å². The standard InChI is InChI=1S/C17H21N3OS.ClH/c1-11-5-6-13(9-12(11)2)14-10-22-16(19-14)20-15(21)17(18)7-3-4-8-17;/h5-6,9-10H,3-4,7-8,18H2,1-2H3,(H,19,20,21);1H. The van der Waals surface area contributed by atoms with Gasteiger partial charge in [0.25, 0.3) is 0 Å². The van der Waals surface area contributed by atoms with E-state index in [1.165, 1.54) is 22.5 Å². The fraction of sp³-hybridized carbons (Fsp3) is 0.412. The van der Waals surface area contributed by atoms with Gasteiger partial charge in [-0.25, -0.2) is 4.98 Å². The van der Waals surface area contributed by atoms with E-state index in [2.05, 4.69) is 42.3 Å². The molecule has 6 heteroatoms. The van der Waals surface area contributed by atoms with Crippen molar-refractivity contribution in [3.05, 3.63) is 34.7 Å². The minimum atomic E-state index is -0.716. The molecule has 1 aromatic carbocycles. The number of nitrogens with two attached hydrogens (primary N) is 1. The summed E-state index contributed by atoms with van der Waals surface area (Å²) in [5.74, 6) is -0.106. The van der Waals surface area contributed by atoms with E-state index in [0.717, 1.165) is 36.9 Å². The number of carbonyl (C=O) groups is 1. The Hall–Kier alpha value is -1.43. The predicted molar refractivity (Wildman–Crippen MR) is 98.3 cm³/mol. The summed E-state index contributed by atoms with van der Waals surface area (Å²) in [6.45, 7) is 4.18. The molecule has 0 radical (unpaired) electrons. The van der Waals surface area contributed by atoms with Gasteiger partial charge in [-0.15, -0.1) is 23.7 Å². The molecular weight excluding hydrogens is 330 g/mol. The Balaban J connectivity index is 0.00000192. The predicted octanol–water partition coefficient (Wildman–Crippen LogP) is 4.06. The molecule has 2 aromatic rings. The third kappa shape index (κ3) is 3.74. The Bertz CT molecular complexity index is 708. The Labute approximate surface area is 146 Å². The fourth-order valence-corrected chi connectivity index (χ4v) is 3.53. The zero-order valence-electron chi connectivity index (χ0n) is 13.4. The second kappa shape index (κ2) is 6.99. The average Bonchev–Trinajstić information content (AvgIpc) is 3.12. The number of aryl methyl sites for hydroxylation is 2. The molecule has 1 aromatic heterocycles. The van der Waals surface area contributed by atoms with E-state index in [9.17, 15) is 4.79 Å². The number of anilines is 1. The summed E-state index contributed by atoms with van der Waals surface area (Å²) in [4.78, 5) is 16.8. The Morgan fingerprint density at radius 2 is 1.96 bits per heavy atom. The van der Waals surface area contributed by atoms with E-state index in [1.807, 2.05) is 5.38 Å². The molecule has 1 saturated carbocycles. The molecule has 0 unspecified atom stereocenters. The van der Waals surface area contributed by atoms with Crippen LogP contribution in [0.1, 0.15) is 36.8 Å². The molecule has 1 heterocycles. The van der Waals surface area contributed by atoms with Gasteiger partial charge in [-0.1, -0.05) is 25.0 Å². The Morgan fingerprint density at radius 3 is 2.61 bits per heavy atom. The third-order valence-corrected chi connectivity index (χ3v) is 5.23. The molecule has 0 spiro atoms. The molecule has 1 amide bonds. The Morgan fingerprint density at radius 1 is 1.26 bits per heavy atom. The lowest BCUT2D eigenvalue weighted by Crippen LogP contribution is -2.48. The van der Waals surface area contributed by atoms with Crippen LogP contribution >= 0.6 is 23.7 Å². The zero-order chi connectivity index (χ0) is 15.7. The van der Waals surface area contributed by atoms with Crippen LogP contribution in [0, 0.1) is 13.8 Å². The quantitative estimate of drug-likeness (QED) is 0.876. The summed E-state index contributed by atoms with van der Waals surface area (Å²) < 4.78 is 0. The number of hydrogen-bond donors (Lipinski definition) is 2. The highest BCUT2D eigenvalue weighted by molar-refractivity contribution is 7.14. The molecule has 1 fully saturated rings. The average molecular weight is 352 g/mol. The van der Waals surface area contributed by atoms with Crippen molar-refractivity contribution in [1.82, 2.24) is 4.98 Å². The number of halogens is 1. The van der Waals surface area contributed by atoms with Gasteiger partial charge in [0, 0.05) is 10.9 Å². The molecule has 0 bridgehead atoms. The summed E-state index contributed by atoms with van der Waals surface area (Å²) >= 11 is 1.44. The van der Waals surface area contributed by atoms with Gasteiger partial charge >= 0.3 is 0 Å². The van der Waals surface area contributed by atoms with Gasteiger partial charge in [-0.05, 0) is 43.9 Å². The van der Waals surface area contributed by atoms with Gasteiger partial charge in [-0.2, -0.15) is 0 Å². The highest BCUT2D eigenvalue weighted by Gasteiger charge is 2.37. The van der Waals surface area contributed by atoms with E-state index in [1.54, 1.807) is 0 Å². The maximum Gasteiger partial charge on any atom is 0.246 e. The van der Waals surface area contributed by atoms with Gasteiger partial charge in [-0.3, -0.25) is 4.79 Å². The number of benzene rings is 1. The van der Waals surface area contributed by atoms with Gasteiger partial charge < -0.3 is 11.1 Å². The first-order valence-corrected chi connectivity index (χ1v) is 8.49. The maximum atomic E-state index is 12.3. The Kier molecular flexibility index (Phi) is 5.45. The second-order valence-corrected chi connectivity index (χ2v) is 7.01. The van der Waals surface area contributed by atoms with Gasteiger partial charge in [0.05, 0.1) is 11.2 Å². The molecule has 0 aliphatic heterocycles. The molecule has 1 aliphatic rings. The first kappa shape index (κ1) is 17.9. The summed E-state index contributed by atoms with van der Waals surface area (Å²) in [7, 11) is 0. The van der Waals surface area contributed by atoms with Gasteiger partial charge in [0.1, 0.15) is 0 Å². The molecule has 0 atom stereocenters. The van der Waals surface area contributed by atoms with Crippen LogP contribution in [-0.4, -0.2) is 16.4 Å². The van der Waals surface area contributed by atoms with Crippen LogP contribution < -0.4 is 11.1 Å². The van der Waals surface area contributed by atoms with Crippen LogP contribution in [0.25, 0.3) is 11.3 Å². The SMILES string of the molecule is Cc1ccc(-c2csc(NC(=O)C3(N)CCCC3)n2)cc1C.Cl. The molecule has 124 valence electrons. The van der Waals surface area contributed by atoms with Crippen LogP contribution in [0.15, 0.2) is 23.6 Å². The second-order valence-electron chi connectivity index (χ2n) is 6.15. The lowest BCUT2D eigenvalue weighted by atomic mass is 9.98. The van der Waals surface area contributed by atoms with Crippen molar-refractivity contribution in [2.75, 3.05) is 5.32 Å². The number of hydrogen-bond acceptors (Lipinski definition) is 4. The van der Waals surface area contributed by atoms with E-state index in [4.69, 9.17) is 5.73 Å². The first-order chi connectivity index (χ1) is 10.5. The van der Waals surface area contributed by atoms with Crippen molar-refractivity contribution in [1.29, 1.82) is 0 Å². The monoisotopic (exact) mass is 351 g/mol. The van der Waals surface area contributed by atoms with Crippen molar-refractivity contribution >= 4 is 34.8 Å². The molecular formula is C17H22ClN3OS. The van der Waals surface area contributed by atoms with E-state index >= 15 is 0 Å². The molecule has 0 saturated heterocycles. The molecule has 3 N–H and O–H groups in total. The van der Waals surface area contributed by atoms with E-state index in [0.29, 0.717) is 5.13 Å². The summed E-state index contributed by atoms with van der Waals surface area (Å²) in [6.07, 6.45) is 3.56. The number of nitrogens with zero attached hydrogens (tertiary/aromatic N) is 1. The van der Waals surface area contributed by atoms with Crippen molar-refractivity contribution in [3.63, 3.8) is 0 Å². The van der Waals surface area contributed by atoms with Crippen LogP contribution in [0.4, 0.5) is 5.13 Å². The first-order valence-electron chi connectivity index (χ1n) is 7.61. The number of amides is 1. The van der Waals surface area contributed by atoms with Crippen molar-refractivity contribution in [2.24, 2.45) is 5.73 Å². The minimum Gasteiger partial charge on any atom is -0.317 e. The van der Waals surface area contributed by atoms with Crippen LogP contribution in [0.5, 0.6) is 0 Å². The number of carbonyl (C=O) groups excluding carboxylic acids is 1. The third-order valence-electron chi connectivity index (χ3n) is 4.48. The topological polar surface area (TPSA) is 68.0 Å². The van der Waals surface area contributed by atoms with Crippen LogP contribution in [0.2, 0.25) is 0 Å². The van der Waals surface area contributed by atoms with Crippen LogP contribution in [0.3, 0.4) is 0 Å². The lowest BCUT2D eigenvalue weighted by molar-refractivity contribution is -0.121. The normalized spacial score (nSPS) is 16.0. The number of thiazole rings is 1. The minimum absolute atomic E-state index is 0. The maximum absolute atomic E-state index is 12.3. The highest BCUT2D eigenvalue weighted by atomic mass is 35.5. The summed E-state index contributed by atoms with van der Waals surface area (Å²) in [6, 6.07) is 6.28. The number of rotatable bonds is 3. The van der Waals surface area contributed by atoms with E-state index < -0.39 is 5.54 Å². The number of nitrogens with one attached hydrogen (secondary N) is 1. The summed E-state index contributed by atoms with van der Waals surface area (Å²) in [5, 5.41) is 5.47. The smallest absolute Gasteiger partial charge is 0.246 e. The molecule has 3 rings (SSSR count). The van der Waals surface area contributed by atoms with Gasteiger partial charge in [0.2, 0.25) is 5.91 Å². The fourth-order valence-electron chi connectivity index (χ4n) is 2.82. The summed E-state index contributed by atoms with van der Waals surface area (Å²) in [5.41, 5.74) is 9.92. The largest absolute Gasteiger partial charge is 0.317 e. The molecule has 1 aliphatic carbocycles. The zero-order valence-corrected chi connectivity index (χ0v) is 15.0. The highest BCUT2D eigenvalue weighted by Crippen LogP contribution is 2.30. The van der Waals surface area contributed by atoms with E-state index in [-0.39, 0.29) is 18.3 Å². The lowest BCUT2D eigenvalue weighted by Gasteiger charge is -2.21. The van der Waals surface area contributed by atoms with Gasteiger partial charge in [0.15, 0.2) is 5.13 Å².